The van der Waals surface area contributed by atoms with Crippen molar-refractivity contribution in [3.8, 4) is 18.2 Å². The maximum Gasteiger partial charge on any atom is 0.296 e. The molecule has 0 aliphatic rings. The largest absolute Gasteiger partial charge is 0.493 e. The molecule has 0 atom stereocenters. The number of nitrogens with zero attached hydrogens (tertiary/aromatic N) is 4. The fourth-order valence-electron chi connectivity index (χ4n) is 2.29. The number of terminal acetylenes is 1. The Balaban J connectivity index is 2.07. The lowest BCUT2D eigenvalue weighted by Crippen LogP contribution is -1.94. The highest BCUT2D eigenvalue weighted by molar-refractivity contribution is 9.10. The molecule has 0 unspecified atom stereocenters. The van der Waals surface area contributed by atoms with Gasteiger partial charge in [0.15, 0.2) is 5.69 Å². The average molecular weight is 383 g/mol. The van der Waals surface area contributed by atoms with Crippen LogP contribution >= 0.6 is 15.9 Å². The van der Waals surface area contributed by atoms with E-state index in [-0.39, 0.29) is 18.1 Å². The summed E-state index contributed by atoms with van der Waals surface area (Å²) < 4.78 is 2.34. The van der Waals surface area contributed by atoms with Gasteiger partial charge in [-0.25, -0.2) is 0 Å². The minimum Gasteiger partial charge on any atom is -0.493 e. The molecule has 6 nitrogen and oxygen atoms in total. The molecule has 0 saturated heterocycles. The molecule has 2 aromatic heterocycles. The number of pyridine rings is 1. The summed E-state index contributed by atoms with van der Waals surface area (Å²) in [6, 6.07) is 8.64. The van der Waals surface area contributed by atoms with Crippen LogP contribution in [0.2, 0.25) is 0 Å². The Morgan fingerprint density at radius 3 is 2.96 bits per heavy atom. The zero-order valence-corrected chi connectivity index (χ0v) is 13.9. The molecule has 1 N–H and O–H groups in total. The van der Waals surface area contributed by atoms with E-state index >= 15 is 0 Å². The highest BCUT2D eigenvalue weighted by atomic mass is 79.9. The lowest BCUT2D eigenvalue weighted by molar-refractivity contribution is 0.0994. The summed E-state index contributed by atoms with van der Waals surface area (Å²) in [5.74, 6) is 1.80. The summed E-state index contributed by atoms with van der Waals surface area (Å²) >= 11 is 3.38. The third-order valence-electron chi connectivity index (χ3n) is 3.37. The van der Waals surface area contributed by atoms with Crippen molar-refractivity contribution in [3.63, 3.8) is 0 Å². The first kappa shape index (κ1) is 15.9. The lowest BCUT2D eigenvalue weighted by Gasteiger charge is -2.00. The second kappa shape index (κ2) is 6.64. The SMILES string of the molecule is C#CCn1c(O)c(N=NC(=O)c2cccnc2)c2cc(Br)ccc21. The first-order valence-corrected chi connectivity index (χ1v) is 7.71. The number of fused-ring (bicyclic) bond motifs is 1. The minimum atomic E-state index is -0.546. The summed E-state index contributed by atoms with van der Waals surface area (Å²) in [5, 5.41) is 18.7. The molecule has 3 aromatic rings. The van der Waals surface area contributed by atoms with Gasteiger partial charge < -0.3 is 5.11 Å². The van der Waals surface area contributed by atoms with Crippen molar-refractivity contribution < 1.29 is 9.90 Å². The van der Waals surface area contributed by atoms with E-state index in [0.717, 1.165) is 4.47 Å². The molecule has 7 heteroatoms. The number of carbonyl (C=O) groups is 1. The molecule has 0 aliphatic heterocycles. The Kier molecular flexibility index (Phi) is 4.40. The number of benzene rings is 1. The van der Waals surface area contributed by atoms with E-state index in [9.17, 15) is 9.90 Å². The molecule has 0 bridgehead atoms. The van der Waals surface area contributed by atoms with Crippen LogP contribution in [0.5, 0.6) is 5.88 Å². The number of rotatable bonds is 3. The fraction of sp³-hybridized carbons (Fsp3) is 0.0588. The highest BCUT2D eigenvalue weighted by Gasteiger charge is 2.17. The number of hydrogen-bond acceptors (Lipinski definition) is 4. The van der Waals surface area contributed by atoms with Crippen molar-refractivity contribution in [2.45, 2.75) is 6.54 Å². The van der Waals surface area contributed by atoms with Crippen molar-refractivity contribution in [1.29, 1.82) is 0 Å². The molecule has 0 fully saturated rings. The van der Waals surface area contributed by atoms with Crippen molar-refractivity contribution in [3.05, 3.63) is 52.8 Å². The number of halogens is 1. The predicted octanol–water partition coefficient (Wildman–Crippen LogP) is 4.06. The summed E-state index contributed by atoms with van der Waals surface area (Å²) in [6.07, 6.45) is 8.31. The van der Waals surface area contributed by atoms with E-state index in [4.69, 9.17) is 6.42 Å². The number of aromatic hydroxyl groups is 1. The molecular formula is C17H11BrN4O2. The molecule has 118 valence electrons. The van der Waals surface area contributed by atoms with Gasteiger partial charge in [-0.1, -0.05) is 21.9 Å². The van der Waals surface area contributed by atoms with Gasteiger partial charge in [-0.05, 0) is 30.3 Å². The molecule has 1 amide bonds. The van der Waals surface area contributed by atoms with Crippen LogP contribution in [-0.4, -0.2) is 20.6 Å². The molecule has 0 saturated carbocycles. The normalized spacial score (nSPS) is 11.0. The van der Waals surface area contributed by atoms with Gasteiger partial charge in [-0.2, -0.15) is 0 Å². The molecule has 2 heterocycles. The molecule has 24 heavy (non-hydrogen) atoms. The van der Waals surface area contributed by atoms with E-state index in [0.29, 0.717) is 16.5 Å². The Morgan fingerprint density at radius 2 is 2.25 bits per heavy atom. The van der Waals surface area contributed by atoms with Gasteiger partial charge in [-0.3, -0.25) is 14.3 Å². The standard InChI is InChI=1S/C17H11BrN4O2/c1-2-8-22-14-6-5-12(18)9-13(14)15(17(22)24)20-21-16(23)11-4-3-7-19-10-11/h1,3-7,9-10,24H,8H2. The summed E-state index contributed by atoms with van der Waals surface area (Å²) in [6.45, 7) is 0.177. The van der Waals surface area contributed by atoms with Crippen LogP contribution in [0.4, 0.5) is 5.69 Å². The predicted molar refractivity (Wildman–Crippen MR) is 93.2 cm³/mol. The van der Waals surface area contributed by atoms with Crippen molar-refractivity contribution in [1.82, 2.24) is 9.55 Å². The third kappa shape index (κ3) is 2.92. The topological polar surface area (TPSA) is 79.8 Å². The average Bonchev–Trinajstić information content (AvgIpc) is 2.85. The highest BCUT2D eigenvalue weighted by Crippen LogP contribution is 2.40. The number of azo groups is 1. The van der Waals surface area contributed by atoms with Crippen LogP contribution < -0.4 is 0 Å². The Labute approximate surface area is 146 Å². The van der Waals surface area contributed by atoms with Gasteiger partial charge in [0, 0.05) is 22.3 Å². The smallest absolute Gasteiger partial charge is 0.296 e. The Hall–Kier alpha value is -2.98. The quantitative estimate of drug-likeness (QED) is 0.547. The van der Waals surface area contributed by atoms with E-state index in [1.165, 1.54) is 10.8 Å². The third-order valence-corrected chi connectivity index (χ3v) is 3.86. The van der Waals surface area contributed by atoms with Gasteiger partial charge in [0.2, 0.25) is 5.88 Å². The molecular weight excluding hydrogens is 372 g/mol. The monoisotopic (exact) mass is 382 g/mol. The molecule has 0 aliphatic carbocycles. The fourth-order valence-corrected chi connectivity index (χ4v) is 2.65. The maximum absolute atomic E-state index is 12.0. The van der Waals surface area contributed by atoms with Gasteiger partial charge in [0.25, 0.3) is 5.91 Å². The Bertz CT molecular complexity index is 987. The lowest BCUT2D eigenvalue weighted by atomic mass is 10.2. The maximum atomic E-state index is 12.0. The van der Waals surface area contributed by atoms with Crippen LogP contribution in [0.1, 0.15) is 10.4 Å². The van der Waals surface area contributed by atoms with E-state index in [2.05, 4.69) is 37.1 Å². The summed E-state index contributed by atoms with van der Waals surface area (Å²) in [5.41, 5.74) is 1.21. The summed E-state index contributed by atoms with van der Waals surface area (Å²) in [7, 11) is 0. The van der Waals surface area contributed by atoms with Gasteiger partial charge in [-0.15, -0.1) is 16.7 Å². The minimum absolute atomic E-state index is 0.135. The molecule has 1 aromatic carbocycles. The second-order valence-corrected chi connectivity index (χ2v) is 5.79. The van der Waals surface area contributed by atoms with Crippen LogP contribution in [0.15, 0.2) is 57.4 Å². The van der Waals surface area contributed by atoms with Crippen LogP contribution in [0, 0.1) is 12.3 Å². The first-order chi connectivity index (χ1) is 11.6. The zero-order valence-electron chi connectivity index (χ0n) is 12.3. The number of hydrogen-bond donors (Lipinski definition) is 1. The number of aromatic nitrogens is 2. The van der Waals surface area contributed by atoms with E-state index in [1.54, 1.807) is 30.5 Å². The van der Waals surface area contributed by atoms with Crippen LogP contribution in [0.25, 0.3) is 10.9 Å². The van der Waals surface area contributed by atoms with Gasteiger partial charge in [0.1, 0.15) is 0 Å². The van der Waals surface area contributed by atoms with Crippen molar-refractivity contribution in [2.24, 2.45) is 10.2 Å². The van der Waals surface area contributed by atoms with Gasteiger partial charge in [0.05, 0.1) is 17.6 Å². The zero-order chi connectivity index (χ0) is 17.1. The number of carbonyl (C=O) groups excluding carboxylic acids is 1. The second-order valence-electron chi connectivity index (χ2n) is 4.87. The van der Waals surface area contributed by atoms with E-state index in [1.807, 2.05) is 6.07 Å². The van der Waals surface area contributed by atoms with Crippen LogP contribution in [0.3, 0.4) is 0 Å². The number of amides is 1. The summed E-state index contributed by atoms with van der Waals surface area (Å²) in [4.78, 5) is 15.9. The van der Waals surface area contributed by atoms with Gasteiger partial charge >= 0.3 is 0 Å². The van der Waals surface area contributed by atoms with Crippen molar-refractivity contribution in [2.75, 3.05) is 0 Å². The van der Waals surface area contributed by atoms with Crippen LogP contribution in [-0.2, 0) is 6.54 Å². The molecule has 0 radical (unpaired) electrons. The van der Waals surface area contributed by atoms with Crippen molar-refractivity contribution >= 4 is 38.4 Å². The first-order valence-electron chi connectivity index (χ1n) is 6.92. The molecule has 0 spiro atoms. The van der Waals surface area contributed by atoms with E-state index < -0.39 is 5.91 Å². The Morgan fingerprint density at radius 1 is 1.42 bits per heavy atom. The molecule has 3 rings (SSSR count).